The average Bonchev–Trinajstić information content (AvgIpc) is 3.03. The first-order valence-corrected chi connectivity index (χ1v) is 15.4. The molecule has 11 nitrogen and oxygen atoms in total. The van der Waals surface area contributed by atoms with Gasteiger partial charge in [-0.3, -0.25) is 19.2 Å². The van der Waals surface area contributed by atoms with Gasteiger partial charge in [0.25, 0.3) is 0 Å². The first-order chi connectivity index (χ1) is 21.3. The summed E-state index contributed by atoms with van der Waals surface area (Å²) in [5.74, 6) is -1.26. The monoisotopic (exact) mass is 610 g/mol. The number of aliphatic hydroxyl groups is 1. The number of likely N-dealkylation sites (tertiary alicyclic amines) is 1. The Morgan fingerprint density at radius 1 is 0.955 bits per heavy atom. The minimum absolute atomic E-state index is 0.0535. The summed E-state index contributed by atoms with van der Waals surface area (Å²) in [6.45, 7) is 3.79. The van der Waals surface area contributed by atoms with Crippen molar-refractivity contribution in [2.75, 3.05) is 33.4 Å². The van der Waals surface area contributed by atoms with Crippen LogP contribution in [0.4, 0.5) is 0 Å². The molecule has 3 atom stereocenters. The van der Waals surface area contributed by atoms with Gasteiger partial charge in [-0.2, -0.15) is 0 Å². The number of ether oxygens (including phenoxy) is 2. The van der Waals surface area contributed by atoms with Crippen LogP contribution < -0.4 is 20.7 Å². The van der Waals surface area contributed by atoms with Gasteiger partial charge in [-0.1, -0.05) is 42.5 Å². The van der Waals surface area contributed by atoms with Gasteiger partial charge in [-0.25, -0.2) is 0 Å². The Kier molecular flexibility index (Phi) is 14.6. The fourth-order valence-electron chi connectivity index (χ4n) is 5.15. The molecule has 2 aromatic carbocycles. The number of hydrogen-bond donors (Lipinski definition) is 4. The van der Waals surface area contributed by atoms with E-state index in [1.807, 2.05) is 54.6 Å². The predicted molar refractivity (Wildman–Crippen MR) is 166 cm³/mol. The maximum atomic E-state index is 13.6. The summed E-state index contributed by atoms with van der Waals surface area (Å²) in [6, 6.07) is 15.3. The molecule has 0 saturated carbocycles. The molecule has 3 rings (SSSR count). The van der Waals surface area contributed by atoms with Crippen molar-refractivity contribution in [1.29, 1.82) is 0 Å². The van der Waals surface area contributed by atoms with E-state index in [-0.39, 0.29) is 31.9 Å². The van der Waals surface area contributed by atoms with Crippen LogP contribution in [0.3, 0.4) is 0 Å². The molecule has 0 aliphatic carbocycles. The molecular weight excluding hydrogens is 564 g/mol. The number of piperidine rings is 1. The normalized spacial score (nSPS) is 15.0. The number of benzene rings is 2. The second kappa shape index (κ2) is 18.6. The number of aliphatic hydroxyl groups excluding tert-OH is 1. The Bertz CT molecular complexity index is 1200. The molecule has 44 heavy (non-hydrogen) atoms. The average molecular weight is 611 g/mol. The predicted octanol–water partition coefficient (Wildman–Crippen LogP) is 2.10. The highest BCUT2D eigenvalue weighted by Gasteiger charge is 2.29. The Morgan fingerprint density at radius 3 is 2.39 bits per heavy atom. The van der Waals surface area contributed by atoms with E-state index in [1.165, 1.54) is 0 Å². The molecule has 11 heteroatoms. The number of hydrogen-bond acceptors (Lipinski definition) is 8. The quantitative estimate of drug-likeness (QED) is 0.157. The van der Waals surface area contributed by atoms with Crippen molar-refractivity contribution in [3.05, 3.63) is 65.7 Å². The highest BCUT2D eigenvalue weighted by Crippen LogP contribution is 2.14. The van der Waals surface area contributed by atoms with E-state index in [0.29, 0.717) is 26.1 Å². The number of nitrogens with zero attached hydrogens (tertiary/aromatic N) is 1. The topological polar surface area (TPSA) is 146 Å². The summed E-state index contributed by atoms with van der Waals surface area (Å²) in [5.41, 5.74) is 1.88. The van der Waals surface area contributed by atoms with E-state index in [9.17, 15) is 24.3 Å². The lowest BCUT2D eigenvalue weighted by atomic mass is 9.99. The zero-order chi connectivity index (χ0) is 31.7. The summed E-state index contributed by atoms with van der Waals surface area (Å²) in [5, 5.41) is 20.0. The fraction of sp³-hybridized carbons (Fsp3) is 0.515. The van der Waals surface area contributed by atoms with E-state index >= 15 is 0 Å². The molecule has 1 heterocycles. The van der Waals surface area contributed by atoms with E-state index in [1.54, 1.807) is 18.9 Å². The third-order valence-corrected chi connectivity index (χ3v) is 7.52. The molecule has 1 saturated heterocycles. The van der Waals surface area contributed by atoms with E-state index < -0.39 is 42.4 Å². The first-order valence-electron chi connectivity index (χ1n) is 15.4. The molecule has 0 radical (unpaired) electrons. The first kappa shape index (κ1) is 34.5. The lowest BCUT2D eigenvalue weighted by molar-refractivity contribution is -0.147. The van der Waals surface area contributed by atoms with Crippen LogP contribution in [0.15, 0.2) is 54.6 Å². The third kappa shape index (κ3) is 12.0. The van der Waals surface area contributed by atoms with Crippen molar-refractivity contribution in [3.8, 4) is 5.75 Å². The van der Waals surface area contributed by atoms with Gasteiger partial charge in [0.1, 0.15) is 18.2 Å². The van der Waals surface area contributed by atoms with E-state index in [4.69, 9.17) is 9.47 Å². The van der Waals surface area contributed by atoms with Gasteiger partial charge in [0.05, 0.1) is 25.9 Å². The van der Waals surface area contributed by atoms with E-state index in [0.717, 1.165) is 36.1 Å². The van der Waals surface area contributed by atoms with Gasteiger partial charge in [-0.05, 0) is 62.3 Å². The van der Waals surface area contributed by atoms with Crippen LogP contribution in [0.5, 0.6) is 5.75 Å². The fourth-order valence-corrected chi connectivity index (χ4v) is 5.15. The van der Waals surface area contributed by atoms with Crippen LogP contribution in [0.25, 0.3) is 0 Å². The molecular formula is C33H46N4O7. The number of methoxy groups -OCH3 is 1. The van der Waals surface area contributed by atoms with Crippen molar-refractivity contribution in [3.63, 3.8) is 0 Å². The molecule has 0 unspecified atom stereocenters. The molecule has 240 valence electrons. The van der Waals surface area contributed by atoms with Crippen LogP contribution in [0, 0.1) is 0 Å². The molecule has 1 aliphatic rings. The van der Waals surface area contributed by atoms with Crippen LogP contribution in [-0.2, 0) is 36.9 Å². The van der Waals surface area contributed by atoms with Crippen molar-refractivity contribution >= 4 is 23.7 Å². The smallest absolute Gasteiger partial charge is 0.315 e. The third-order valence-electron chi connectivity index (χ3n) is 7.52. The zero-order valence-electron chi connectivity index (χ0n) is 25.8. The van der Waals surface area contributed by atoms with Gasteiger partial charge < -0.3 is 35.4 Å². The molecule has 2 aromatic rings. The van der Waals surface area contributed by atoms with Crippen molar-refractivity contribution in [2.45, 2.75) is 76.6 Å². The summed E-state index contributed by atoms with van der Waals surface area (Å²) in [4.78, 5) is 52.9. The minimum Gasteiger partial charge on any atom is -0.497 e. The summed E-state index contributed by atoms with van der Waals surface area (Å²) in [6.07, 6.45) is 1.90. The number of carbonyl (C=O) groups is 4. The summed E-state index contributed by atoms with van der Waals surface area (Å²) in [7, 11) is 1.60. The Balaban J connectivity index is 1.70. The number of carbonyl (C=O) groups excluding carboxylic acids is 4. The van der Waals surface area contributed by atoms with Crippen LogP contribution in [0.1, 0.15) is 56.6 Å². The molecule has 1 aliphatic heterocycles. The Labute approximate surface area is 259 Å². The summed E-state index contributed by atoms with van der Waals surface area (Å²) >= 11 is 0. The number of amides is 3. The van der Waals surface area contributed by atoms with Crippen molar-refractivity contribution in [2.24, 2.45) is 0 Å². The highest BCUT2D eigenvalue weighted by atomic mass is 16.5. The molecule has 0 bridgehead atoms. The Morgan fingerprint density at radius 2 is 1.68 bits per heavy atom. The SMILES string of the molecule is CCOC(=O)CC(=O)N[C@H](CCC(=O)N1CCCCC1)C(=O)N[C@@H](Cc1ccccc1)[C@H](O)CNCc1cccc(OC)c1. The van der Waals surface area contributed by atoms with Gasteiger partial charge >= 0.3 is 5.97 Å². The number of nitrogens with one attached hydrogen (secondary N) is 3. The lowest BCUT2D eigenvalue weighted by Gasteiger charge is -2.29. The number of rotatable bonds is 17. The molecule has 0 aromatic heterocycles. The summed E-state index contributed by atoms with van der Waals surface area (Å²) < 4.78 is 10.1. The van der Waals surface area contributed by atoms with Gasteiger partial charge in [0.15, 0.2) is 0 Å². The van der Waals surface area contributed by atoms with Crippen molar-refractivity contribution < 1.29 is 33.8 Å². The minimum atomic E-state index is -1.08. The second-order valence-corrected chi connectivity index (χ2v) is 10.9. The molecule has 0 spiro atoms. The van der Waals surface area contributed by atoms with Crippen LogP contribution >= 0.6 is 0 Å². The van der Waals surface area contributed by atoms with Gasteiger partial charge in [0.2, 0.25) is 17.7 Å². The highest BCUT2D eigenvalue weighted by molar-refractivity contribution is 5.97. The maximum Gasteiger partial charge on any atom is 0.315 e. The van der Waals surface area contributed by atoms with Gasteiger partial charge in [-0.15, -0.1) is 0 Å². The standard InChI is InChI=1S/C33H46N4O7/c1-3-44-32(41)21-30(39)35-27(15-16-31(40)37-17-8-5-9-18-37)33(42)36-28(20-24-11-6-4-7-12-24)29(38)23-34-22-25-13-10-14-26(19-25)43-2/h4,6-7,10-14,19,27-29,34,38H,3,5,8-9,15-18,20-23H2,1-2H3,(H,35,39)(H,36,42)/t27-,28+,29-/m1/s1. The van der Waals surface area contributed by atoms with E-state index in [2.05, 4.69) is 16.0 Å². The maximum absolute atomic E-state index is 13.6. The lowest BCUT2D eigenvalue weighted by Crippen LogP contribution is -2.55. The molecule has 1 fully saturated rings. The van der Waals surface area contributed by atoms with Crippen LogP contribution in [0.2, 0.25) is 0 Å². The van der Waals surface area contributed by atoms with Crippen molar-refractivity contribution in [1.82, 2.24) is 20.9 Å². The molecule has 3 amide bonds. The number of esters is 1. The second-order valence-electron chi connectivity index (χ2n) is 10.9. The zero-order valence-corrected chi connectivity index (χ0v) is 25.8. The Hall–Kier alpha value is -3.96. The largest absolute Gasteiger partial charge is 0.497 e. The van der Waals surface area contributed by atoms with Gasteiger partial charge in [0, 0.05) is 32.6 Å². The molecule has 4 N–H and O–H groups in total. The van der Waals surface area contributed by atoms with Crippen LogP contribution in [-0.4, -0.2) is 85.2 Å².